The molecular weight excluding hydrogens is 233 g/mol. The van der Waals surface area contributed by atoms with Gasteiger partial charge in [-0.25, -0.2) is 0 Å². The van der Waals surface area contributed by atoms with Gasteiger partial charge in [0.2, 0.25) is 0 Å². The number of halogens is 3. The lowest BCUT2D eigenvalue weighted by Gasteiger charge is -2.22. The van der Waals surface area contributed by atoms with Crippen LogP contribution in [0.4, 0.5) is 13.2 Å². The summed E-state index contributed by atoms with van der Waals surface area (Å²) in [6.07, 6.45) is -0.646. The number of nitrogens with two attached hydrogens (primary N) is 1. The van der Waals surface area contributed by atoms with Gasteiger partial charge in [0.1, 0.15) is 5.54 Å². The van der Waals surface area contributed by atoms with Crippen LogP contribution in [0.2, 0.25) is 0 Å². The predicted octanol–water partition coefficient (Wildman–Crippen LogP) is 1.10. The van der Waals surface area contributed by atoms with Crippen LogP contribution in [0.3, 0.4) is 0 Å². The second kappa shape index (κ2) is 3.99. The Labute approximate surface area is 97.0 Å². The van der Waals surface area contributed by atoms with Crippen LogP contribution in [-0.4, -0.2) is 28.0 Å². The van der Waals surface area contributed by atoms with Crippen molar-refractivity contribution in [3.05, 3.63) is 18.0 Å². The number of aryl methyl sites for hydroxylation is 1. The average molecular weight is 248 g/mol. The number of hydrogen-bond acceptors (Lipinski definition) is 3. The highest BCUT2D eigenvalue weighted by atomic mass is 19.4. The topological polar surface area (TPSA) is 55.9 Å². The van der Waals surface area contributed by atoms with E-state index in [2.05, 4.69) is 10.4 Å². The molecule has 0 saturated heterocycles. The van der Waals surface area contributed by atoms with Crippen LogP contribution >= 0.6 is 0 Å². The van der Waals surface area contributed by atoms with Gasteiger partial charge in [-0.1, -0.05) is 0 Å². The zero-order chi connectivity index (χ0) is 12.7. The van der Waals surface area contributed by atoms with Gasteiger partial charge in [-0.3, -0.25) is 4.68 Å². The number of rotatable bonds is 4. The summed E-state index contributed by atoms with van der Waals surface area (Å²) in [7, 11) is 1.74. The first kappa shape index (κ1) is 12.4. The number of aromatic nitrogens is 2. The molecule has 17 heavy (non-hydrogen) atoms. The van der Waals surface area contributed by atoms with Crippen molar-refractivity contribution in [1.29, 1.82) is 0 Å². The molecular formula is C10H15F3N4. The summed E-state index contributed by atoms with van der Waals surface area (Å²) >= 11 is 0. The van der Waals surface area contributed by atoms with Crippen LogP contribution in [-0.2, 0) is 7.05 Å². The maximum atomic E-state index is 12.6. The Morgan fingerprint density at radius 2 is 2.24 bits per heavy atom. The Balaban J connectivity index is 1.91. The highest BCUT2D eigenvalue weighted by Crippen LogP contribution is 2.48. The first-order chi connectivity index (χ1) is 7.84. The van der Waals surface area contributed by atoms with Gasteiger partial charge in [-0.2, -0.15) is 18.3 Å². The van der Waals surface area contributed by atoms with Gasteiger partial charge in [0.15, 0.2) is 0 Å². The molecule has 1 aromatic heterocycles. The van der Waals surface area contributed by atoms with Crippen LogP contribution < -0.4 is 11.1 Å². The molecule has 0 bridgehead atoms. The summed E-state index contributed by atoms with van der Waals surface area (Å²) < 4.78 is 39.5. The second-order valence-electron chi connectivity index (χ2n) is 4.51. The van der Waals surface area contributed by atoms with Crippen LogP contribution in [0.25, 0.3) is 0 Å². The SMILES string of the molecule is Cn1cc(C(N)CNC2(C(F)(F)F)CC2)cn1. The molecule has 1 saturated carbocycles. The van der Waals surface area contributed by atoms with E-state index in [1.54, 1.807) is 24.1 Å². The third kappa shape index (κ3) is 2.44. The molecule has 0 aromatic carbocycles. The lowest BCUT2D eigenvalue weighted by Crippen LogP contribution is -2.47. The van der Waals surface area contributed by atoms with Gasteiger partial charge in [-0.15, -0.1) is 0 Å². The molecule has 1 unspecified atom stereocenters. The molecule has 0 spiro atoms. The summed E-state index contributed by atoms with van der Waals surface area (Å²) in [6, 6.07) is -0.469. The summed E-state index contributed by atoms with van der Waals surface area (Å²) in [5.74, 6) is 0. The molecule has 1 heterocycles. The monoisotopic (exact) mass is 248 g/mol. The van der Waals surface area contributed by atoms with E-state index >= 15 is 0 Å². The quantitative estimate of drug-likeness (QED) is 0.839. The van der Waals surface area contributed by atoms with Crippen molar-refractivity contribution < 1.29 is 13.2 Å². The summed E-state index contributed by atoms with van der Waals surface area (Å²) in [4.78, 5) is 0. The molecule has 1 fully saturated rings. The van der Waals surface area contributed by atoms with Gasteiger partial charge < -0.3 is 11.1 Å². The predicted molar refractivity (Wildman–Crippen MR) is 56.2 cm³/mol. The molecule has 1 aliphatic rings. The Morgan fingerprint density at radius 3 is 2.65 bits per heavy atom. The van der Waals surface area contributed by atoms with Gasteiger partial charge >= 0.3 is 6.18 Å². The summed E-state index contributed by atoms with van der Waals surface area (Å²) in [6.45, 7) is 0.102. The second-order valence-corrected chi connectivity index (χ2v) is 4.51. The number of nitrogens with one attached hydrogen (secondary N) is 1. The smallest absolute Gasteiger partial charge is 0.323 e. The van der Waals surface area contributed by atoms with E-state index in [0.717, 1.165) is 5.56 Å². The number of hydrogen-bond donors (Lipinski definition) is 2. The van der Waals surface area contributed by atoms with E-state index in [4.69, 9.17) is 5.73 Å². The molecule has 4 nitrogen and oxygen atoms in total. The molecule has 7 heteroatoms. The largest absolute Gasteiger partial charge is 0.406 e. The van der Waals surface area contributed by atoms with Crippen LogP contribution in [0.1, 0.15) is 24.4 Å². The van der Waals surface area contributed by atoms with Crippen molar-refractivity contribution in [3.63, 3.8) is 0 Å². The van der Waals surface area contributed by atoms with Crippen molar-refractivity contribution in [1.82, 2.24) is 15.1 Å². The Morgan fingerprint density at radius 1 is 1.59 bits per heavy atom. The third-order valence-corrected chi connectivity index (χ3v) is 3.11. The molecule has 96 valence electrons. The molecule has 1 atom stereocenters. The maximum absolute atomic E-state index is 12.6. The van der Waals surface area contributed by atoms with Crippen molar-refractivity contribution in [2.24, 2.45) is 12.8 Å². The summed E-state index contributed by atoms with van der Waals surface area (Å²) in [5, 5.41) is 6.46. The fourth-order valence-corrected chi connectivity index (χ4v) is 1.74. The Kier molecular flexibility index (Phi) is 2.90. The van der Waals surface area contributed by atoms with Gasteiger partial charge in [0, 0.05) is 31.4 Å². The van der Waals surface area contributed by atoms with E-state index < -0.39 is 17.8 Å². The standard InChI is InChI=1S/C10H15F3N4/c1-17-6-7(4-16-17)8(14)5-15-9(2-3-9)10(11,12)13/h4,6,8,15H,2-3,5,14H2,1H3. The number of nitrogens with zero attached hydrogens (tertiary/aromatic N) is 2. The van der Waals surface area contributed by atoms with E-state index in [1.807, 2.05) is 0 Å². The molecule has 0 amide bonds. The minimum Gasteiger partial charge on any atom is -0.323 e. The minimum absolute atomic E-state index is 0.102. The first-order valence-corrected chi connectivity index (χ1v) is 5.40. The van der Waals surface area contributed by atoms with Gasteiger partial charge in [0.05, 0.1) is 6.20 Å². The molecule has 3 N–H and O–H groups in total. The molecule has 1 aromatic rings. The Hall–Kier alpha value is -1.08. The van der Waals surface area contributed by atoms with Crippen molar-refractivity contribution in [2.45, 2.75) is 30.6 Å². The highest BCUT2D eigenvalue weighted by Gasteiger charge is 2.63. The van der Waals surface area contributed by atoms with E-state index in [9.17, 15) is 13.2 Å². The molecule has 2 rings (SSSR count). The maximum Gasteiger partial charge on any atom is 0.406 e. The molecule has 0 aliphatic heterocycles. The average Bonchev–Trinajstić information content (AvgIpc) is 2.91. The van der Waals surface area contributed by atoms with Crippen molar-refractivity contribution in [2.75, 3.05) is 6.54 Å². The zero-order valence-corrected chi connectivity index (χ0v) is 9.46. The van der Waals surface area contributed by atoms with Gasteiger partial charge in [0.25, 0.3) is 0 Å². The van der Waals surface area contributed by atoms with Crippen molar-refractivity contribution in [3.8, 4) is 0 Å². The van der Waals surface area contributed by atoms with Crippen molar-refractivity contribution >= 4 is 0 Å². The van der Waals surface area contributed by atoms with E-state index in [-0.39, 0.29) is 19.4 Å². The van der Waals surface area contributed by atoms with Crippen LogP contribution in [0, 0.1) is 0 Å². The normalized spacial score (nSPS) is 20.3. The summed E-state index contributed by atoms with van der Waals surface area (Å²) in [5.41, 5.74) is 4.84. The highest BCUT2D eigenvalue weighted by molar-refractivity contribution is 5.13. The van der Waals surface area contributed by atoms with E-state index in [1.165, 1.54) is 0 Å². The Bertz CT molecular complexity index is 395. The third-order valence-electron chi connectivity index (χ3n) is 3.11. The zero-order valence-electron chi connectivity index (χ0n) is 9.46. The minimum atomic E-state index is -4.19. The van der Waals surface area contributed by atoms with Crippen LogP contribution in [0.5, 0.6) is 0 Å². The number of alkyl halides is 3. The van der Waals surface area contributed by atoms with Gasteiger partial charge in [-0.05, 0) is 12.8 Å². The van der Waals surface area contributed by atoms with Crippen LogP contribution in [0.15, 0.2) is 12.4 Å². The lowest BCUT2D eigenvalue weighted by atomic mass is 10.1. The first-order valence-electron chi connectivity index (χ1n) is 5.40. The fourth-order valence-electron chi connectivity index (χ4n) is 1.74. The fraction of sp³-hybridized carbons (Fsp3) is 0.700. The molecule has 1 aliphatic carbocycles. The molecule has 0 radical (unpaired) electrons. The lowest BCUT2D eigenvalue weighted by molar-refractivity contribution is -0.165. The van der Waals surface area contributed by atoms with E-state index in [0.29, 0.717) is 0 Å².